The summed E-state index contributed by atoms with van der Waals surface area (Å²) >= 11 is 2.68. The van der Waals surface area contributed by atoms with Crippen molar-refractivity contribution in [2.24, 2.45) is 0 Å². The van der Waals surface area contributed by atoms with E-state index in [0.29, 0.717) is 21.9 Å². The lowest BCUT2D eigenvalue weighted by molar-refractivity contribution is -2.00. The highest BCUT2D eigenvalue weighted by Crippen LogP contribution is 2.24. The maximum atomic E-state index is 11.9. The molecule has 0 unspecified atom stereocenters. The molecule has 2 N–H and O–H groups in total. The van der Waals surface area contributed by atoms with Crippen molar-refractivity contribution in [1.82, 2.24) is 4.98 Å². The quantitative estimate of drug-likeness (QED) is 0.406. The average Bonchev–Trinajstić information content (AvgIpc) is 2.53. The molecule has 0 aliphatic heterocycles. The number of carbonyl (C=O) groups excluding carboxylic acids is 1. The van der Waals surface area contributed by atoms with Gasteiger partial charge >= 0.3 is 5.97 Å². The van der Waals surface area contributed by atoms with Gasteiger partial charge in [0, 0.05) is 5.56 Å². The minimum atomic E-state index is -4.94. The van der Waals surface area contributed by atoms with Crippen LogP contribution in [-0.2, 0) is 4.74 Å². The Hall–Kier alpha value is -1.53. The molecule has 0 aliphatic rings. The molecule has 0 saturated heterocycles. The van der Waals surface area contributed by atoms with E-state index >= 15 is 0 Å². The standard InChI is InChI=1S/C14H14N2O2S2.ClHO4/c1-3-18-14(17)10-11(15)20-12(16-13(10)19-2)9-7-5-4-6-8-9;2-1(3,4)5/h4-8,15H,3H2,1-2H3;(H,2,3,4,5). The Morgan fingerprint density at radius 3 is 2.32 bits per heavy atom. The van der Waals surface area contributed by atoms with Gasteiger partial charge in [0.15, 0.2) is 5.56 Å². The van der Waals surface area contributed by atoms with Crippen LogP contribution in [0.15, 0.2) is 35.4 Å². The number of rotatable bonds is 4. The molecule has 0 saturated carbocycles. The van der Waals surface area contributed by atoms with Gasteiger partial charge < -0.3 is 4.74 Å². The number of esters is 1. The Kier molecular flexibility index (Phi) is 8.45. The second kappa shape index (κ2) is 9.82. The summed E-state index contributed by atoms with van der Waals surface area (Å²) in [6.45, 7) is 2.08. The maximum Gasteiger partial charge on any atom is 0.348 e. The monoisotopic (exact) mass is 406 g/mol. The summed E-state index contributed by atoms with van der Waals surface area (Å²) in [6.07, 6.45) is 1.87. The zero-order valence-corrected chi connectivity index (χ0v) is 15.7. The highest BCUT2D eigenvalue weighted by molar-refractivity contribution is 7.98. The lowest BCUT2D eigenvalue weighted by Gasteiger charge is -2.17. The van der Waals surface area contributed by atoms with Gasteiger partial charge in [0.05, 0.1) is 6.61 Å². The molecule has 0 amide bonds. The van der Waals surface area contributed by atoms with Crippen LogP contribution in [0.25, 0.3) is 10.6 Å². The van der Waals surface area contributed by atoms with Crippen molar-refractivity contribution >= 4 is 29.1 Å². The second-order valence-corrected chi connectivity index (χ2v) is 6.81. The van der Waals surface area contributed by atoms with Gasteiger partial charge in [0.2, 0.25) is 0 Å². The molecule has 136 valence electrons. The molecule has 2 rings (SSSR count). The van der Waals surface area contributed by atoms with Crippen LogP contribution in [-0.4, -0.2) is 23.8 Å². The Labute approximate surface area is 154 Å². The van der Waals surface area contributed by atoms with Crippen molar-refractivity contribution in [3.63, 3.8) is 0 Å². The number of hydrogen-bond acceptors (Lipinski definition) is 9. The van der Waals surface area contributed by atoms with Gasteiger partial charge in [-0.25, -0.2) is 33.8 Å². The van der Waals surface area contributed by atoms with Gasteiger partial charge in [-0.1, -0.05) is 30.3 Å². The third kappa shape index (κ3) is 7.48. The molecule has 2 aromatic rings. The first kappa shape index (κ1) is 21.5. The van der Waals surface area contributed by atoms with Crippen LogP contribution < -0.4 is 28.7 Å². The van der Waals surface area contributed by atoms with E-state index in [1.165, 1.54) is 23.1 Å². The Morgan fingerprint density at radius 1 is 1.28 bits per heavy atom. The summed E-state index contributed by atoms with van der Waals surface area (Å²) in [6, 6.07) is 9.76. The number of halogens is 1. The van der Waals surface area contributed by atoms with Crippen LogP contribution in [0.3, 0.4) is 0 Å². The van der Waals surface area contributed by atoms with Crippen LogP contribution in [0.1, 0.15) is 17.3 Å². The molecule has 0 spiro atoms. The molecular formula is C14H15ClN2O6S2. The molecule has 0 aliphatic carbocycles. The van der Waals surface area contributed by atoms with E-state index in [9.17, 15) is 4.79 Å². The number of nitrogens with zero attached hydrogens (tertiary/aromatic N) is 1. The summed E-state index contributed by atoms with van der Waals surface area (Å²) < 4.78 is 39.4. The number of nitrogens with two attached hydrogens (primary N) is 1. The van der Waals surface area contributed by atoms with Crippen molar-refractivity contribution in [3.05, 3.63) is 40.6 Å². The second-order valence-electron chi connectivity index (χ2n) is 4.23. The number of benzene rings is 1. The summed E-state index contributed by atoms with van der Waals surface area (Å²) in [5, 5.41) is 7.42. The Morgan fingerprint density at radius 2 is 1.84 bits per heavy atom. The minimum Gasteiger partial charge on any atom is -0.462 e. The fraction of sp³-hybridized carbons (Fsp3) is 0.214. The molecule has 1 aromatic carbocycles. The molecule has 1 aromatic heterocycles. The predicted molar refractivity (Wildman–Crippen MR) is 80.3 cm³/mol. The first-order chi connectivity index (χ1) is 11.7. The van der Waals surface area contributed by atoms with E-state index in [1.807, 2.05) is 36.6 Å². The van der Waals surface area contributed by atoms with Gasteiger partial charge in [0.1, 0.15) is 10.0 Å². The highest BCUT2D eigenvalue weighted by atomic mass is 35.7. The fourth-order valence-corrected chi connectivity index (χ4v) is 3.26. The average molecular weight is 407 g/mol. The van der Waals surface area contributed by atoms with E-state index in [-0.39, 0.29) is 0 Å². The van der Waals surface area contributed by atoms with Gasteiger partial charge in [-0.2, -0.15) is 0 Å². The molecule has 0 radical (unpaired) electrons. The summed E-state index contributed by atoms with van der Waals surface area (Å²) in [5.41, 5.74) is 1.35. The zero-order valence-electron chi connectivity index (χ0n) is 13.3. The third-order valence-corrected chi connectivity index (χ3v) is 4.19. The van der Waals surface area contributed by atoms with Gasteiger partial charge in [0.25, 0.3) is 4.67 Å². The number of ether oxygens (including phenoxy) is 1. The summed E-state index contributed by atoms with van der Waals surface area (Å²) in [4.78, 5) is 16.5. The van der Waals surface area contributed by atoms with Crippen LogP contribution in [0.4, 0.5) is 0 Å². The van der Waals surface area contributed by atoms with E-state index < -0.39 is 16.2 Å². The number of aromatic nitrogens is 1. The largest absolute Gasteiger partial charge is 0.462 e. The Balaban J connectivity index is 0.000000550. The number of carbonyl (C=O) groups is 1. The molecule has 8 nitrogen and oxygen atoms in total. The first-order valence-corrected chi connectivity index (χ1v) is 9.96. The highest BCUT2D eigenvalue weighted by Gasteiger charge is 2.21. The van der Waals surface area contributed by atoms with Crippen molar-refractivity contribution in [2.75, 3.05) is 12.9 Å². The van der Waals surface area contributed by atoms with E-state index in [1.54, 1.807) is 6.92 Å². The smallest absolute Gasteiger partial charge is 0.348 e. The van der Waals surface area contributed by atoms with E-state index in [4.69, 9.17) is 28.8 Å². The third-order valence-electron chi connectivity index (χ3n) is 2.56. The van der Waals surface area contributed by atoms with Crippen LogP contribution in [0.5, 0.6) is 0 Å². The van der Waals surface area contributed by atoms with Gasteiger partial charge in [-0.3, -0.25) is 0 Å². The normalized spacial score (nSPS) is 10.6. The molecule has 0 atom stereocenters. The fourth-order valence-electron chi connectivity index (χ4n) is 1.67. The van der Waals surface area contributed by atoms with Crippen LogP contribution in [0.2, 0.25) is 0 Å². The lowest BCUT2D eigenvalue weighted by Crippen LogP contribution is -2.68. The summed E-state index contributed by atoms with van der Waals surface area (Å²) in [5.74, 6) is -0.419. The zero-order chi connectivity index (χ0) is 19.0. The molecular weight excluding hydrogens is 392 g/mol. The molecule has 1 heterocycles. The van der Waals surface area contributed by atoms with Gasteiger partial charge in [-0.05, 0) is 24.5 Å². The topological polar surface area (TPSA) is 157 Å². The van der Waals surface area contributed by atoms with E-state index in [0.717, 1.165) is 10.6 Å². The van der Waals surface area contributed by atoms with E-state index in [2.05, 4.69) is 4.98 Å². The predicted octanol–water partition coefficient (Wildman–Crippen LogP) is -3.39. The van der Waals surface area contributed by atoms with Crippen molar-refractivity contribution in [2.45, 2.75) is 11.9 Å². The molecule has 0 fully saturated rings. The summed E-state index contributed by atoms with van der Waals surface area (Å²) in [7, 11) is -4.94. The Bertz CT molecular complexity index is 758. The van der Waals surface area contributed by atoms with Crippen molar-refractivity contribution < 1.29 is 43.8 Å². The van der Waals surface area contributed by atoms with Crippen molar-refractivity contribution in [3.8, 4) is 10.6 Å². The first-order valence-electron chi connectivity index (χ1n) is 6.69. The van der Waals surface area contributed by atoms with Gasteiger partial charge in [-0.15, -0.1) is 22.0 Å². The van der Waals surface area contributed by atoms with Crippen molar-refractivity contribution in [1.29, 1.82) is 0 Å². The molecule has 11 heteroatoms. The SMILES string of the molecule is CCOC(=O)c1c(SC)nc(-c2ccccc2)sc1=[NH2+].[O-][Cl+3]([O-])([O-])[O-]. The molecule has 0 bridgehead atoms. The lowest BCUT2D eigenvalue weighted by atomic mass is 10.2. The maximum absolute atomic E-state index is 11.9. The minimum absolute atomic E-state index is 0.317. The molecule has 25 heavy (non-hydrogen) atoms. The number of thioether (sulfide) groups is 1. The van der Waals surface area contributed by atoms with Crippen LogP contribution >= 0.6 is 23.1 Å². The van der Waals surface area contributed by atoms with Crippen LogP contribution in [0, 0.1) is 10.2 Å². The number of hydrogen-bond donors (Lipinski definition) is 1.